The summed E-state index contributed by atoms with van der Waals surface area (Å²) < 4.78 is 0. The van der Waals surface area contributed by atoms with Crippen molar-refractivity contribution in [2.75, 3.05) is 0 Å². The summed E-state index contributed by atoms with van der Waals surface area (Å²) in [7, 11) is 0. The molecule has 0 unspecified atom stereocenters. The summed E-state index contributed by atoms with van der Waals surface area (Å²) >= 11 is 0. The van der Waals surface area contributed by atoms with Gasteiger partial charge in [0.05, 0.1) is 5.56 Å². The van der Waals surface area contributed by atoms with Crippen LogP contribution in [0.3, 0.4) is 0 Å². The minimum absolute atomic E-state index is 0.0783. The van der Waals surface area contributed by atoms with E-state index in [1.54, 1.807) is 0 Å². The van der Waals surface area contributed by atoms with E-state index >= 15 is 0 Å². The van der Waals surface area contributed by atoms with Gasteiger partial charge in [0.25, 0.3) is 5.56 Å². The van der Waals surface area contributed by atoms with Gasteiger partial charge in [-0.15, -0.1) is 0 Å². The molecule has 1 heterocycles. The van der Waals surface area contributed by atoms with Crippen LogP contribution < -0.4 is 5.56 Å². The van der Waals surface area contributed by atoms with Gasteiger partial charge in [0.2, 0.25) is 5.88 Å². The zero-order chi connectivity index (χ0) is 14.0. The fourth-order valence-electron chi connectivity index (χ4n) is 2.84. The third-order valence-electron chi connectivity index (χ3n) is 4.24. The Morgan fingerprint density at radius 1 is 1.37 bits per heavy atom. The summed E-state index contributed by atoms with van der Waals surface area (Å²) in [5.74, 6) is 0.866. The molecule has 19 heavy (non-hydrogen) atoms. The molecule has 1 fully saturated rings. The van der Waals surface area contributed by atoms with Crippen LogP contribution in [0.1, 0.15) is 70.2 Å². The Morgan fingerprint density at radius 3 is 2.53 bits per heavy atom. The number of hydrogen-bond acceptors (Lipinski definition) is 3. The number of nitrogens with zero attached hydrogens (tertiary/aromatic N) is 1. The highest BCUT2D eigenvalue weighted by atomic mass is 16.3. The second kappa shape index (κ2) is 5.35. The molecule has 0 spiro atoms. The Bertz CT molecular complexity index is 495. The number of H-pyrrole nitrogens is 1. The minimum atomic E-state index is -0.172. The van der Waals surface area contributed by atoms with Crippen molar-refractivity contribution in [2.45, 2.75) is 65.2 Å². The van der Waals surface area contributed by atoms with E-state index in [0.29, 0.717) is 23.2 Å². The standard InChI is InChI=1S/C15H24N2O2/c1-4-5-11-13(18)16-12(17-14(11)19)10-6-8-15(2,3)9-7-10/h10H,4-9H2,1-3H3,(H2,16,17,18,19). The van der Waals surface area contributed by atoms with E-state index < -0.39 is 0 Å². The van der Waals surface area contributed by atoms with Gasteiger partial charge in [0.1, 0.15) is 5.82 Å². The molecule has 4 heteroatoms. The van der Waals surface area contributed by atoms with Gasteiger partial charge >= 0.3 is 0 Å². The van der Waals surface area contributed by atoms with E-state index in [1.165, 1.54) is 0 Å². The van der Waals surface area contributed by atoms with Crippen LogP contribution >= 0.6 is 0 Å². The van der Waals surface area contributed by atoms with Gasteiger partial charge in [-0.2, -0.15) is 4.98 Å². The number of aromatic nitrogens is 2. The van der Waals surface area contributed by atoms with Gasteiger partial charge < -0.3 is 10.1 Å². The van der Waals surface area contributed by atoms with E-state index in [0.717, 1.165) is 32.1 Å². The second-order valence-corrected chi connectivity index (χ2v) is 6.44. The first-order valence-electron chi connectivity index (χ1n) is 7.25. The lowest BCUT2D eigenvalue weighted by atomic mass is 9.73. The smallest absolute Gasteiger partial charge is 0.257 e. The van der Waals surface area contributed by atoms with E-state index in [1.807, 2.05) is 6.92 Å². The maximum absolute atomic E-state index is 12.0. The van der Waals surface area contributed by atoms with Crippen molar-refractivity contribution in [3.8, 4) is 5.88 Å². The summed E-state index contributed by atoms with van der Waals surface area (Å²) in [6.07, 6.45) is 5.74. The molecule has 0 aliphatic heterocycles. The molecule has 0 saturated heterocycles. The Kier molecular flexibility index (Phi) is 3.97. The first-order chi connectivity index (χ1) is 8.93. The molecule has 4 nitrogen and oxygen atoms in total. The average Bonchev–Trinajstić information content (AvgIpc) is 2.33. The van der Waals surface area contributed by atoms with E-state index in [4.69, 9.17) is 0 Å². The van der Waals surface area contributed by atoms with Crippen molar-refractivity contribution in [1.82, 2.24) is 9.97 Å². The number of rotatable bonds is 3. The number of nitrogens with one attached hydrogen (secondary N) is 1. The van der Waals surface area contributed by atoms with Crippen molar-refractivity contribution < 1.29 is 5.11 Å². The normalized spacial score (nSPS) is 19.5. The number of aromatic hydroxyl groups is 1. The Morgan fingerprint density at radius 2 is 2.00 bits per heavy atom. The molecule has 106 valence electrons. The fraction of sp³-hybridized carbons (Fsp3) is 0.733. The van der Waals surface area contributed by atoms with Crippen molar-refractivity contribution in [3.63, 3.8) is 0 Å². The van der Waals surface area contributed by atoms with Gasteiger partial charge in [-0.25, -0.2) is 0 Å². The van der Waals surface area contributed by atoms with Crippen LogP contribution in [0.2, 0.25) is 0 Å². The van der Waals surface area contributed by atoms with Crippen molar-refractivity contribution >= 4 is 0 Å². The largest absolute Gasteiger partial charge is 0.493 e. The highest BCUT2D eigenvalue weighted by Gasteiger charge is 2.29. The minimum Gasteiger partial charge on any atom is -0.493 e. The molecule has 1 aromatic rings. The second-order valence-electron chi connectivity index (χ2n) is 6.44. The van der Waals surface area contributed by atoms with Crippen molar-refractivity contribution in [1.29, 1.82) is 0 Å². The van der Waals surface area contributed by atoms with E-state index in [2.05, 4.69) is 23.8 Å². The summed E-state index contributed by atoms with van der Waals surface area (Å²) in [4.78, 5) is 19.1. The van der Waals surface area contributed by atoms with Crippen LogP contribution in [0.15, 0.2) is 4.79 Å². The molecule has 0 amide bonds. The summed E-state index contributed by atoms with van der Waals surface area (Å²) in [6, 6.07) is 0. The monoisotopic (exact) mass is 264 g/mol. The SMILES string of the molecule is CCCc1c(O)nc(C2CCC(C)(C)CC2)[nH]c1=O. The third-order valence-corrected chi connectivity index (χ3v) is 4.24. The zero-order valence-corrected chi connectivity index (χ0v) is 12.1. The molecule has 1 aliphatic rings. The highest BCUT2D eigenvalue weighted by Crippen LogP contribution is 2.41. The molecular weight excluding hydrogens is 240 g/mol. The zero-order valence-electron chi connectivity index (χ0n) is 12.1. The van der Waals surface area contributed by atoms with Crippen LogP contribution in [-0.4, -0.2) is 15.1 Å². The number of hydrogen-bond donors (Lipinski definition) is 2. The maximum atomic E-state index is 12.0. The molecule has 0 bridgehead atoms. The van der Waals surface area contributed by atoms with Crippen LogP contribution in [-0.2, 0) is 6.42 Å². The Labute approximate surface area is 114 Å². The lowest BCUT2D eigenvalue weighted by molar-refractivity contribution is 0.220. The summed E-state index contributed by atoms with van der Waals surface area (Å²) in [5, 5.41) is 9.91. The van der Waals surface area contributed by atoms with Gasteiger partial charge in [-0.05, 0) is 37.5 Å². The maximum Gasteiger partial charge on any atom is 0.257 e. The third kappa shape index (κ3) is 3.17. The first-order valence-corrected chi connectivity index (χ1v) is 7.25. The highest BCUT2D eigenvalue weighted by molar-refractivity contribution is 5.23. The van der Waals surface area contributed by atoms with Crippen LogP contribution in [0.4, 0.5) is 0 Å². The molecule has 1 aliphatic carbocycles. The quantitative estimate of drug-likeness (QED) is 0.881. The molecule has 0 radical (unpaired) electrons. The number of aromatic amines is 1. The van der Waals surface area contributed by atoms with Gasteiger partial charge in [-0.3, -0.25) is 4.79 Å². The first kappa shape index (κ1) is 14.1. The van der Waals surface area contributed by atoms with Crippen LogP contribution in [0.5, 0.6) is 5.88 Å². The molecule has 1 aromatic heterocycles. The van der Waals surface area contributed by atoms with Gasteiger partial charge in [0.15, 0.2) is 0 Å². The van der Waals surface area contributed by atoms with Gasteiger partial charge in [0, 0.05) is 5.92 Å². The van der Waals surface area contributed by atoms with Gasteiger partial charge in [-0.1, -0.05) is 27.2 Å². The topological polar surface area (TPSA) is 66.0 Å². The molecular formula is C15H24N2O2. The van der Waals surface area contributed by atoms with Crippen molar-refractivity contribution in [3.05, 3.63) is 21.7 Å². The predicted molar refractivity (Wildman–Crippen MR) is 75.5 cm³/mol. The van der Waals surface area contributed by atoms with Crippen LogP contribution in [0.25, 0.3) is 0 Å². The van der Waals surface area contributed by atoms with Crippen molar-refractivity contribution in [2.24, 2.45) is 5.41 Å². The fourth-order valence-corrected chi connectivity index (χ4v) is 2.84. The Balaban J connectivity index is 2.21. The average molecular weight is 264 g/mol. The molecule has 2 N–H and O–H groups in total. The molecule has 1 saturated carbocycles. The predicted octanol–water partition coefficient (Wildman–Crippen LogP) is 3.11. The molecule has 2 rings (SSSR count). The summed E-state index contributed by atoms with van der Waals surface area (Å²) in [6.45, 7) is 6.54. The van der Waals surface area contributed by atoms with E-state index in [9.17, 15) is 9.90 Å². The van der Waals surface area contributed by atoms with Crippen LogP contribution in [0, 0.1) is 5.41 Å². The lowest BCUT2D eigenvalue weighted by Gasteiger charge is -2.33. The summed E-state index contributed by atoms with van der Waals surface area (Å²) in [5.41, 5.74) is 0.637. The molecule has 0 atom stereocenters. The van der Waals surface area contributed by atoms with E-state index in [-0.39, 0.29) is 17.4 Å². The lowest BCUT2D eigenvalue weighted by Crippen LogP contribution is -2.24. The molecule has 0 aromatic carbocycles. The Hall–Kier alpha value is -1.32.